The molecular weight excluding hydrogens is 339 g/mol. The van der Waals surface area contributed by atoms with E-state index in [-0.39, 0.29) is 5.91 Å². The smallest absolute Gasteiger partial charge is 0.232 e. The summed E-state index contributed by atoms with van der Waals surface area (Å²) >= 11 is 13.6. The first kappa shape index (κ1) is 17.9. The van der Waals surface area contributed by atoms with Gasteiger partial charge in [-0.1, -0.05) is 29.3 Å². The highest BCUT2D eigenvalue weighted by Gasteiger charge is 2.23. The van der Waals surface area contributed by atoms with Crippen LogP contribution in [0, 0.1) is 0 Å². The van der Waals surface area contributed by atoms with Crippen molar-refractivity contribution in [2.24, 2.45) is 0 Å². The van der Waals surface area contributed by atoms with E-state index in [9.17, 15) is 4.79 Å². The van der Waals surface area contributed by atoms with Crippen LogP contribution in [0.5, 0.6) is 0 Å². The molecule has 6 heteroatoms. The van der Waals surface area contributed by atoms with Crippen molar-refractivity contribution in [3.63, 3.8) is 0 Å². The van der Waals surface area contributed by atoms with E-state index in [1.165, 1.54) is 0 Å². The number of piperidine rings is 1. The Bertz CT molecular complexity index is 517. The van der Waals surface area contributed by atoms with Crippen LogP contribution in [-0.2, 0) is 10.5 Å². The third-order valence-electron chi connectivity index (χ3n) is 4.05. The van der Waals surface area contributed by atoms with E-state index < -0.39 is 0 Å². The van der Waals surface area contributed by atoms with Crippen molar-refractivity contribution in [2.45, 2.75) is 24.6 Å². The van der Waals surface area contributed by atoms with E-state index in [2.05, 4.69) is 19.0 Å². The van der Waals surface area contributed by atoms with Gasteiger partial charge in [0.05, 0.1) is 5.75 Å². The van der Waals surface area contributed by atoms with Crippen LogP contribution in [0.15, 0.2) is 18.2 Å². The Labute approximate surface area is 146 Å². The summed E-state index contributed by atoms with van der Waals surface area (Å²) < 4.78 is 0. The van der Waals surface area contributed by atoms with Gasteiger partial charge in [-0.15, -0.1) is 11.8 Å². The quantitative estimate of drug-likeness (QED) is 0.798. The van der Waals surface area contributed by atoms with Gasteiger partial charge in [0.15, 0.2) is 0 Å². The number of benzene rings is 1. The Morgan fingerprint density at radius 2 is 2.00 bits per heavy atom. The summed E-state index contributed by atoms with van der Waals surface area (Å²) in [5.41, 5.74) is 1.02. The largest absolute Gasteiger partial charge is 0.342 e. The summed E-state index contributed by atoms with van der Waals surface area (Å²) in [5.74, 6) is 1.47. The lowest BCUT2D eigenvalue weighted by atomic mass is 10.0. The topological polar surface area (TPSA) is 23.6 Å². The summed E-state index contributed by atoms with van der Waals surface area (Å²) in [6, 6.07) is 6.10. The first-order valence-electron chi connectivity index (χ1n) is 7.43. The predicted molar refractivity (Wildman–Crippen MR) is 95.9 cm³/mol. The van der Waals surface area contributed by atoms with Crippen molar-refractivity contribution in [3.8, 4) is 0 Å². The second kappa shape index (κ2) is 8.44. The molecule has 1 amide bonds. The first-order valence-corrected chi connectivity index (χ1v) is 9.34. The molecule has 22 heavy (non-hydrogen) atoms. The van der Waals surface area contributed by atoms with Crippen molar-refractivity contribution >= 4 is 40.9 Å². The lowest BCUT2D eigenvalue weighted by Crippen LogP contribution is -2.45. The van der Waals surface area contributed by atoms with Crippen molar-refractivity contribution in [1.82, 2.24) is 9.80 Å². The number of hydrogen-bond acceptors (Lipinski definition) is 3. The van der Waals surface area contributed by atoms with Crippen molar-refractivity contribution < 1.29 is 4.79 Å². The fourth-order valence-electron chi connectivity index (χ4n) is 2.61. The molecule has 0 spiro atoms. The Balaban J connectivity index is 1.74. The van der Waals surface area contributed by atoms with Gasteiger partial charge in [0.25, 0.3) is 0 Å². The average Bonchev–Trinajstić information content (AvgIpc) is 2.49. The molecule has 1 aliphatic rings. The van der Waals surface area contributed by atoms with Gasteiger partial charge in [0.2, 0.25) is 5.91 Å². The maximum atomic E-state index is 12.2. The molecule has 0 aliphatic carbocycles. The number of likely N-dealkylation sites (tertiary alicyclic amines) is 1. The minimum Gasteiger partial charge on any atom is -0.342 e. The van der Waals surface area contributed by atoms with Gasteiger partial charge in [0, 0.05) is 34.9 Å². The molecule has 2 rings (SSSR count). The number of carbonyl (C=O) groups excluding carboxylic acids is 1. The summed E-state index contributed by atoms with van der Waals surface area (Å²) in [6.45, 7) is 1.73. The minimum atomic E-state index is 0.229. The molecule has 0 unspecified atom stereocenters. The highest BCUT2D eigenvalue weighted by Crippen LogP contribution is 2.25. The third-order valence-corrected chi connectivity index (χ3v) is 5.60. The predicted octanol–water partition coefficient (Wildman–Crippen LogP) is 3.78. The molecule has 3 nitrogen and oxygen atoms in total. The van der Waals surface area contributed by atoms with Crippen LogP contribution < -0.4 is 0 Å². The Morgan fingerprint density at radius 3 is 2.59 bits per heavy atom. The summed E-state index contributed by atoms with van der Waals surface area (Å²) in [4.78, 5) is 16.5. The number of nitrogens with zero attached hydrogens (tertiary/aromatic N) is 2. The fourth-order valence-corrected chi connectivity index (χ4v) is 4.10. The lowest BCUT2D eigenvalue weighted by molar-refractivity contribution is -0.129. The molecule has 0 N–H and O–H groups in total. The average molecular weight is 361 g/mol. The van der Waals surface area contributed by atoms with Crippen LogP contribution in [0.1, 0.15) is 18.4 Å². The van der Waals surface area contributed by atoms with Crippen LogP contribution >= 0.6 is 35.0 Å². The summed E-state index contributed by atoms with van der Waals surface area (Å²) in [6.07, 6.45) is 2.12. The highest BCUT2D eigenvalue weighted by molar-refractivity contribution is 7.99. The van der Waals surface area contributed by atoms with Crippen LogP contribution in [-0.4, -0.2) is 54.7 Å². The van der Waals surface area contributed by atoms with Gasteiger partial charge >= 0.3 is 0 Å². The van der Waals surface area contributed by atoms with E-state index in [1.54, 1.807) is 17.8 Å². The number of thioether (sulfide) groups is 1. The molecule has 0 aromatic heterocycles. The number of rotatable bonds is 5. The van der Waals surface area contributed by atoms with Crippen LogP contribution in [0.2, 0.25) is 10.0 Å². The monoisotopic (exact) mass is 360 g/mol. The maximum Gasteiger partial charge on any atom is 0.232 e. The zero-order valence-corrected chi connectivity index (χ0v) is 15.3. The standard InChI is InChI=1S/C16H22Cl2N2OS/c1-19(2)14-5-7-20(8-6-14)16(21)11-22-10-12-3-4-13(17)9-15(12)18/h3-4,9,14H,5-8,10-11H2,1-2H3. The zero-order valence-electron chi connectivity index (χ0n) is 13.0. The van der Waals surface area contributed by atoms with E-state index in [0.717, 1.165) is 37.2 Å². The molecular formula is C16H22Cl2N2OS. The first-order chi connectivity index (χ1) is 10.5. The molecule has 1 saturated heterocycles. The Morgan fingerprint density at radius 1 is 1.32 bits per heavy atom. The van der Waals surface area contributed by atoms with Crippen molar-refractivity contribution in [2.75, 3.05) is 32.9 Å². The maximum absolute atomic E-state index is 12.2. The van der Waals surface area contributed by atoms with E-state index >= 15 is 0 Å². The normalized spacial score (nSPS) is 16.3. The number of amides is 1. The van der Waals surface area contributed by atoms with Crippen molar-refractivity contribution in [3.05, 3.63) is 33.8 Å². The second-order valence-corrected chi connectivity index (χ2v) is 7.63. The molecule has 1 aromatic carbocycles. The van der Waals surface area contributed by atoms with Crippen LogP contribution in [0.4, 0.5) is 0 Å². The Kier molecular flexibility index (Phi) is 6.87. The van der Waals surface area contributed by atoms with Gasteiger partial charge in [-0.05, 0) is 44.6 Å². The fraction of sp³-hybridized carbons (Fsp3) is 0.562. The molecule has 1 aliphatic heterocycles. The van der Waals surface area contributed by atoms with Crippen LogP contribution in [0.25, 0.3) is 0 Å². The third kappa shape index (κ3) is 5.05. The number of carbonyl (C=O) groups is 1. The Hall–Kier alpha value is -0.420. The van der Waals surface area contributed by atoms with Gasteiger partial charge in [-0.25, -0.2) is 0 Å². The minimum absolute atomic E-state index is 0.229. The van der Waals surface area contributed by atoms with Gasteiger partial charge in [-0.2, -0.15) is 0 Å². The summed E-state index contributed by atoms with van der Waals surface area (Å²) in [7, 11) is 4.21. The van der Waals surface area contributed by atoms with Crippen molar-refractivity contribution in [1.29, 1.82) is 0 Å². The lowest BCUT2D eigenvalue weighted by Gasteiger charge is -2.35. The van der Waals surface area contributed by atoms with E-state index in [4.69, 9.17) is 23.2 Å². The number of hydrogen-bond donors (Lipinski definition) is 0. The molecule has 0 atom stereocenters. The molecule has 0 radical (unpaired) electrons. The molecule has 1 heterocycles. The molecule has 0 bridgehead atoms. The molecule has 0 saturated carbocycles. The SMILES string of the molecule is CN(C)C1CCN(C(=O)CSCc2ccc(Cl)cc2Cl)CC1. The van der Waals surface area contributed by atoms with Gasteiger partial charge in [-0.3, -0.25) is 4.79 Å². The van der Waals surface area contributed by atoms with E-state index in [0.29, 0.717) is 21.8 Å². The zero-order chi connectivity index (χ0) is 16.1. The number of halogens is 2. The molecule has 1 aromatic rings. The van der Waals surface area contributed by atoms with Crippen LogP contribution in [0.3, 0.4) is 0 Å². The van der Waals surface area contributed by atoms with E-state index in [1.807, 2.05) is 17.0 Å². The second-order valence-electron chi connectivity index (χ2n) is 5.80. The molecule has 1 fully saturated rings. The summed E-state index contributed by atoms with van der Waals surface area (Å²) in [5, 5.41) is 1.30. The molecule has 122 valence electrons. The van der Waals surface area contributed by atoms with Gasteiger partial charge in [0.1, 0.15) is 0 Å². The van der Waals surface area contributed by atoms with Gasteiger partial charge < -0.3 is 9.80 Å². The highest BCUT2D eigenvalue weighted by atomic mass is 35.5.